The molecule has 0 rings (SSSR count). The molecule has 0 heterocycles. The summed E-state index contributed by atoms with van der Waals surface area (Å²) in [6, 6.07) is 0. The third kappa shape index (κ3) is 20.3. The van der Waals surface area contributed by atoms with Gasteiger partial charge in [-0.2, -0.15) is 0 Å². The number of esters is 1. The first-order valence-electron chi connectivity index (χ1n) is 12.5. The molecule has 2 heteroatoms. The van der Waals surface area contributed by atoms with Crippen LogP contribution in [-0.4, -0.2) is 13.1 Å². The SMILES string of the molecule is COC(=O)/C(C)=C\[C@H](C)CCCCCCCCCCCCCCCCC(C)(C)C. The molecule has 0 fully saturated rings. The van der Waals surface area contributed by atoms with Crippen molar-refractivity contribution < 1.29 is 9.53 Å². The average Bonchev–Trinajstić information content (AvgIpc) is 2.65. The molecule has 0 radical (unpaired) electrons. The Morgan fingerprint density at radius 3 is 1.52 bits per heavy atom. The van der Waals surface area contributed by atoms with Crippen LogP contribution in [0.1, 0.15) is 137 Å². The summed E-state index contributed by atoms with van der Waals surface area (Å²) in [5.74, 6) is 0.264. The van der Waals surface area contributed by atoms with Crippen LogP contribution in [0, 0.1) is 11.3 Å². The number of allylic oxidation sites excluding steroid dienone is 1. The Morgan fingerprint density at radius 2 is 1.14 bits per heavy atom. The zero-order valence-corrected chi connectivity index (χ0v) is 20.8. The molecule has 0 N–H and O–H groups in total. The van der Waals surface area contributed by atoms with Gasteiger partial charge in [0.2, 0.25) is 0 Å². The Hall–Kier alpha value is -0.790. The highest BCUT2D eigenvalue weighted by molar-refractivity contribution is 5.87. The van der Waals surface area contributed by atoms with Crippen LogP contribution in [0.25, 0.3) is 0 Å². The van der Waals surface area contributed by atoms with E-state index >= 15 is 0 Å². The van der Waals surface area contributed by atoms with Crippen LogP contribution >= 0.6 is 0 Å². The van der Waals surface area contributed by atoms with E-state index in [2.05, 4.69) is 33.8 Å². The lowest BCUT2D eigenvalue weighted by atomic mass is 9.89. The van der Waals surface area contributed by atoms with Crippen molar-refractivity contribution in [1.82, 2.24) is 0 Å². The van der Waals surface area contributed by atoms with Crippen molar-refractivity contribution in [3.8, 4) is 0 Å². The fraction of sp³-hybridized carbons (Fsp3) is 0.889. The Labute approximate surface area is 183 Å². The summed E-state index contributed by atoms with van der Waals surface area (Å²) in [5.41, 5.74) is 1.25. The lowest BCUT2D eigenvalue weighted by Crippen LogP contribution is -2.03. The molecule has 1 atom stereocenters. The minimum Gasteiger partial charge on any atom is -0.466 e. The van der Waals surface area contributed by atoms with Crippen LogP contribution in [0.2, 0.25) is 0 Å². The van der Waals surface area contributed by atoms with Gasteiger partial charge in [-0.05, 0) is 31.1 Å². The molecule has 172 valence electrons. The van der Waals surface area contributed by atoms with Gasteiger partial charge < -0.3 is 4.74 Å². The zero-order valence-electron chi connectivity index (χ0n) is 20.8. The van der Waals surface area contributed by atoms with E-state index in [1.54, 1.807) is 0 Å². The van der Waals surface area contributed by atoms with E-state index in [-0.39, 0.29) is 5.97 Å². The lowest BCUT2D eigenvalue weighted by Gasteiger charge is -2.17. The molecule has 0 saturated carbocycles. The highest BCUT2D eigenvalue weighted by atomic mass is 16.5. The normalized spacial score (nSPS) is 13.5. The molecule has 0 amide bonds. The lowest BCUT2D eigenvalue weighted by molar-refractivity contribution is -0.136. The Balaban J connectivity index is 3.31. The highest BCUT2D eigenvalue weighted by Gasteiger charge is 2.08. The van der Waals surface area contributed by atoms with E-state index < -0.39 is 0 Å². The highest BCUT2D eigenvalue weighted by Crippen LogP contribution is 2.22. The molecule has 0 spiro atoms. The smallest absolute Gasteiger partial charge is 0.333 e. The van der Waals surface area contributed by atoms with Crippen LogP contribution in [0.3, 0.4) is 0 Å². The van der Waals surface area contributed by atoms with Gasteiger partial charge in [-0.25, -0.2) is 4.79 Å². The average molecular weight is 409 g/mol. The fourth-order valence-corrected chi connectivity index (χ4v) is 3.98. The summed E-state index contributed by atoms with van der Waals surface area (Å²) < 4.78 is 4.75. The summed E-state index contributed by atoms with van der Waals surface area (Å²) in [4.78, 5) is 11.4. The minimum atomic E-state index is -0.201. The van der Waals surface area contributed by atoms with Crippen molar-refractivity contribution in [2.24, 2.45) is 11.3 Å². The molecule has 0 aliphatic heterocycles. The van der Waals surface area contributed by atoms with Crippen molar-refractivity contribution in [2.75, 3.05) is 7.11 Å². The summed E-state index contributed by atoms with van der Waals surface area (Å²) in [6.45, 7) is 11.1. The summed E-state index contributed by atoms with van der Waals surface area (Å²) >= 11 is 0. The molecular weight excluding hydrogens is 356 g/mol. The second-order valence-electron chi connectivity index (χ2n) is 10.4. The van der Waals surface area contributed by atoms with Gasteiger partial charge in [-0.3, -0.25) is 0 Å². The first-order chi connectivity index (χ1) is 13.8. The maximum atomic E-state index is 11.4. The number of rotatable bonds is 18. The fourth-order valence-electron chi connectivity index (χ4n) is 3.98. The van der Waals surface area contributed by atoms with Gasteiger partial charge in [0, 0.05) is 5.57 Å². The van der Waals surface area contributed by atoms with Crippen LogP contribution in [0.4, 0.5) is 0 Å². The molecule has 0 aliphatic rings. The Kier molecular flexibility index (Phi) is 17.5. The summed E-state index contributed by atoms with van der Waals surface area (Å²) in [6.07, 6.45) is 24.2. The number of methoxy groups -OCH3 is 1. The van der Waals surface area contributed by atoms with Gasteiger partial charge in [0.1, 0.15) is 0 Å². The van der Waals surface area contributed by atoms with Crippen molar-refractivity contribution in [3.63, 3.8) is 0 Å². The topological polar surface area (TPSA) is 26.3 Å². The molecule has 0 aliphatic carbocycles. The number of hydrogen-bond donors (Lipinski definition) is 0. The Morgan fingerprint density at radius 1 is 0.759 bits per heavy atom. The van der Waals surface area contributed by atoms with Crippen molar-refractivity contribution in [3.05, 3.63) is 11.6 Å². The maximum absolute atomic E-state index is 11.4. The van der Waals surface area contributed by atoms with Crippen molar-refractivity contribution in [1.29, 1.82) is 0 Å². The molecule has 0 aromatic carbocycles. The quantitative estimate of drug-likeness (QED) is 0.128. The molecule has 0 aromatic rings. The van der Waals surface area contributed by atoms with Crippen LogP contribution in [-0.2, 0) is 9.53 Å². The van der Waals surface area contributed by atoms with E-state index in [0.717, 1.165) is 5.57 Å². The van der Waals surface area contributed by atoms with Crippen molar-refractivity contribution >= 4 is 5.97 Å². The standard InChI is InChI=1S/C27H52O2/c1-24(23-25(2)26(28)29-6)21-19-17-15-13-11-9-7-8-10-12-14-16-18-20-22-27(3,4)5/h23-24H,7-22H2,1-6H3/b25-23-/t24-/m1/s1. The van der Waals surface area contributed by atoms with E-state index in [1.807, 2.05) is 6.92 Å². The van der Waals surface area contributed by atoms with Gasteiger partial charge >= 0.3 is 5.97 Å². The number of carbonyl (C=O) groups excluding carboxylic acids is 1. The first-order valence-corrected chi connectivity index (χ1v) is 12.5. The molecular formula is C27H52O2. The summed E-state index contributed by atoms with van der Waals surface area (Å²) in [5, 5.41) is 0. The predicted molar refractivity (Wildman–Crippen MR) is 128 cm³/mol. The summed E-state index contributed by atoms with van der Waals surface area (Å²) in [7, 11) is 1.44. The maximum Gasteiger partial charge on any atom is 0.333 e. The molecule has 0 bridgehead atoms. The van der Waals surface area contributed by atoms with Crippen LogP contribution in [0.15, 0.2) is 11.6 Å². The number of carbonyl (C=O) groups is 1. The molecule has 0 saturated heterocycles. The second-order valence-corrected chi connectivity index (χ2v) is 10.4. The van der Waals surface area contributed by atoms with E-state index in [4.69, 9.17) is 4.74 Å². The largest absolute Gasteiger partial charge is 0.466 e. The number of ether oxygens (including phenoxy) is 1. The molecule has 2 nitrogen and oxygen atoms in total. The number of unbranched alkanes of at least 4 members (excludes halogenated alkanes) is 13. The third-order valence-corrected chi connectivity index (χ3v) is 5.88. The van der Waals surface area contributed by atoms with Gasteiger partial charge in [0.05, 0.1) is 7.11 Å². The van der Waals surface area contributed by atoms with Crippen molar-refractivity contribution in [2.45, 2.75) is 137 Å². The van der Waals surface area contributed by atoms with Gasteiger partial charge in [-0.15, -0.1) is 0 Å². The van der Waals surface area contributed by atoms with Gasteiger partial charge in [0.15, 0.2) is 0 Å². The van der Waals surface area contributed by atoms with Gasteiger partial charge in [0.25, 0.3) is 0 Å². The van der Waals surface area contributed by atoms with Crippen LogP contribution in [0.5, 0.6) is 0 Å². The van der Waals surface area contributed by atoms with Gasteiger partial charge in [-0.1, -0.05) is 124 Å². The first kappa shape index (κ1) is 28.2. The molecule has 29 heavy (non-hydrogen) atoms. The monoisotopic (exact) mass is 408 g/mol. The van der Waals surface area contributed by atoms with E-state index in [1.165, 1.54) is 110 Å². The molecule has 0 unspecified atom stereocenters. The third-order valence-electron chi connectivity index (χ3n) is 5.88. The minimum absolute atomic E-state index is 0.201. The van der Waals surface area contributed by atoms with E-state index in [0.29, 0.717) is 11.3 Å². The van der Waals surface area contributed by atoms with Crippen LogP contribution < -0.4 is 0 Å². The van der Waals surface area contributed by atoms with E-state index in [9.17, 15) is 4.79 Å². The molecule has 0 aromatic heterocycles. The Bertz CT molecular complexity index is 417. The zero-order chi connectivity index (χ0) is 22.0. The predicted octanol–water partition coefficient (Wildman–Crippen LogP) is 9.03. The second kappa shape index (κ2) is 18.0. The number of hydrogen-bond acceptors (Lipinski definition) is 2.